The number of carboxylic acids is 2. The van der Waals surface area contributed by atoms with E-state index in [0.29, 0.717) is 0 Å². The number of hydrogen-bond acceptors (Lipinski definition) is 4. The minimum Gasteiger partial charge on any atom is -0.481 e. The van der Waals surface area contributed by atoms with Crippen molar-refractivity contribution in [2.45, 2.75) is 128 Å². The normalized spacial score (nSPS) is 11.6. The molecule has 1 aromatic carbocycles. The number of rotatable bonds is 21. The summed E-state index contributed by atoms with van der Waals surface area (Å²) in [6.45, 7) is 2.30. The molecule has 208 valence electrons. The van der Waals surface area contributed by atoms with Crippen molar-refractivity contribution in [1.29, 1.82) is 0 Å². The molecule has 0 heterocycles. The fraction of sp³-hybridized carbons (Fsp3) is 0.714. The Kier molecular flexibility index (Phi) is 26.2. The molecule has 1 rings (SSSR count). The fourth-order valence-electron chi connectivity index (χ4n) is 3.93. The predicted octanol–water partition coefficient (Wildman–Crippen LogP) is 4.10. The number of hydrogen-bond donors (Lipinski definition) is 3. The molecule has 0 amide bonds. The Morgan fingerprint density at radius 2 is 1.22 bits per heavy atom. The first kappa shape index (κ1) is 38.2. The van der Waals surface area contributed by atoms with Gasteiger partial charge < -0.3 is 10.2 Å². The van der Waals surface area contributed by atoms with Crippen molar-refractivity contribution >= 4 is 22.1 Å². The molecule has 0 spiro atoms. The molecule has 37 heavy (non-hydrogen) atoms. The van der Waals surface area contributed by atoms with Gasteiger partial charge in [-0.05, 0) is 0 Å². The third-order valence-electron chi connectivity index (χ3n) is 6.07. The van der Waals surface area contributed by atoms with Gasteiger partial charge in [0.15, 0.2) is 5.25 Å². The van der Waals surface area contributed by atoms with E-state index in [9.17, 15) is 18.0 Å². The van der Waals surface area contributed by atoms with Crippen LogP contribution in [0.4, 0.5) is 0 Å². The summed E-state index contributed by atoms with van der Waals surface area (Å²) in [5.41, 5.74) is 1.38. The van der Waals surface area contributed by atoms with Crippen molar-refractivity contribution in [1.82, 2.24) is 0 Å². The molecule has 0 radical (unpaired) electrons. The molecular formula is C28H47NaO7S. The quantitative estimate of drug-likeness (QED) is 0.0910. The summed E-state index contributed by atoms with van der Waals surface area (Å²) in [7, 11) is -4.84. The second-order valence-electron chi connectivity index (χ2n) is 9.38. The average molecular weight is 551 g/mol. The average Bonchev–Trinajstić information content (AvgIpc) is 2.82. The third kappa shape index (κ3) is 25.1. The van der Waals surface area contributed by atoms with Crippen LogP contribution in [0.3, 0.4) is 0 Å². The van der Waals surface area contributed by atoms with Crippen LogP contribution in [0.2, 0.25) is 0 Å². The summed E-state index contributed by atoms with van der Waals surface area (Å²) >= 11 is 0. The van der Waals surface area contributed by atoms with Crippen LogP contribution in [0.1, 0.15) is 122 Å². The summed E-state index contributed by atoms with van der Waals surface area (Å²) in [5, 5.41) is 13.9. The van der Waals surface area contributed by atoms with Crippen LogP contribution in [0.5, 0.6) is 0 Å². The Bertz CT molecular complexity index is 785. The monoisotopic (exact) mass is 550 g/mol. The van der Waals surface area contributed by atoms with E-state index < -0.39 is 33.7 Å². The molecule has 1 aromatic rings. The molecule has 0 bridgehead atoms. The zero-order chi connectivity index (χ0) is 27.1. The number of carboxylic acid groups (broad SMARTS) is 2. The number of aryl methyl sites for hydroxylation is 1. The van der Waals surface area contributed by atoms with Gasteiger partial charge in [-0.25, -0.2) is 0 Å². The molecule has 1 unspecified atom stereocenters. The van der Waals surface area contributed by atoms with Gasteiger partial charge in [0.1, 0.15) is 0 Å². The molecule has 0 aliphatic carbocycles. The maximum absolute atomic E-state index is 10.2. The van der Waals surface area contributed by atoms with E-state index in [1.165, 1.54) is 115 Å². The van der Waals surface area contributed by atoms with E-state index in [1.54, 1.807) is 0 Å². The Morgan fingerprint density at radius 3 is 1.51 bits per heavy atom. The molecule has 0 aliphatic heterocycles. The first-order valence-electron chi connectivity index (χ1n) is 13.5. The summed E-state index contributed by atoms with van der Waals surface area (Å²) in [6, 6.07) is 11.7. The minimum atomic E-state index is -4.84. The SMILES string of the molecule is CCCCCCCCCCCCCCCCCCc1[c-]cccc1.O=C(O)CC(C(=O)O)S(=O)(=O)O.[Na+]. The standard InChI is InChI=1S/C24H41.C4H6O7S.Na/c1-2-3-4-5-6-7-8-9-10-11-12-13-14-15-16-18-21-24-22-19-17-20-23-24;5-3(6)1-2(4(7)8)12(9,10)11;/h17,19-20,22H,2-16,18,21H2,1H3;2H,1H2,(H,5,6)(H,7,8)(H,9,10,11);/q-1;;+1. The molecule has 0 saturated heterocycles. The van der Waals surface area contributed by atoms with E-state index in [2.05, 4.69) is 31.2 Å². The predicted molar refractivity (Wildman–Crippen MR) is 144 cm³/mol. The Hall–Kier alpha value is -0.930. The van der Waals surface area contributed by atoms with E-state index in [0.717, 1.165) is 0 Å². The maximum Gasteiger partial charge on any atom is 1.00 e. The van der Waals surface area contributed by atoms with Crippen molar-refractivity contribution in [2.75, 3.05) is 0 Å². The van der Waals surface area contributed by atoms with Crippen LogP contribution < -0.4 is 29.6 Å². The van der Waals surface area contributed by atoms with Crippen molar-refractivity contribution in [2.24, 2.45) is 0 Å². The van der Waals surface area contributed by atoms with Gasteiger partial charge in [0.25, 0.3) is 10.1 Å². The van der Waals surface area contributed by atoms with E-state index in [4.69, 9.17) is 14.8 Å². The number of carbonyl (C=O) groups is 2. The van der Waals surface area contributed by atoms with Gasteiger partial charge in [-0.15, -0.1) is 0 Å². The maximum atomic E-state index is 10.2. The van der Waals surface area contributed by atoms with E-state index in [-0.39, 0.29) is 29.6 Å². The number of unbranched alkanes of at least 4 members (excludes halogenated alkanes) is 15. The summed E-state index contributed by atoms with van der Waals surface area (Å²) in [5.74, 6) is -3.50. The van der Waals surface area contributed by atoms with Crippen molar-refractivity contribution < 1.29 is 62.3 Å². The summed E-state index contributed by atoms with van der Waals surface area (Å²) < 4.78 is 28.7. The van der Waals surface area contributed by atoms with Crippen LogP contribution in [-0.2, 0) is 26.1 Å². The van der Waals surface area contributed by atoms with Crippen molar-refractivity contribution in [3.05, 3.63) is 35.9 Å². The van der Waals surface area contributed by atoms with E-state index in [1.807, 2.05) is 6.07 Å². The van der Waals surface area contributed by atoms with Crippen LogP contribution in [0, 0.1) is 6.07 Å². The zero-order valence-corrected chi connectivity index (χ0v) is 25.8. The topological polar surface area (TPSA) is 129 Å². The molecule has 0 aliphatic rings. The smallest absolute Gasteiger partial charge is 0.481 e. The molecule has 9 heteroatoms. The largest absolute Gasteiger partial charge is 1.00 e. The minimum absolute atomic E-state index is 0. The third-order valence-corrected chi connectivity index (χ3v) is 7.16. The Labute approximate surface area is 246 Å². The molecule has 0 aromatic heterocycles. The van der Waals surface area contributed by atoms with Gasteiger partial charge in [-0.1, -0.05) is 116 Å². The molecule has 3 N–H and O–H groups in total. The van der Waals surface area contributed by atoms with Crippen LogP contribution >= 0.6 is 0 Å². The molecule has 7 nitrogen and oxygen atoms in total. The van der Waals surface area contributed by atoms with Gasteiger partial charge in [-0.3, -0.25) is 14.1 Å². The summed E-state index contributed by atoms with van der Waals surface area (Å²) in [4.78, 5) is 20.0. The van der Waals surface area contributed by atoms with Crippen LogP contribution in [0.25, 0.3) is 0 Å². The second kappa shape index (κ2) is 25.4. The molecule has 0 fully saturated rings. The number of aliphatic carboxylic acids is 2. The Balaban J connectivity index is 0. The molecule has 0 saturated carbocycles. The first-order valence-corrected chi connectivity index (χ1v) is 15.0. The van der Waals surface area contributed by atoms with Gasteiger partial charge in [0, 0.05) is 0 Å². The fourth-order valence-corrected chi connectivity index (χ4v) is 4.54. The van der Waals surface area contributed by atoms with Gasteiger partial charge in [0.05, 0.1) is 6.42 Å². The van der Waals surface area contributed by atoms with Crippen molar-refractivity contribution in [3.63, 3.8) is 0 Å². The molecule has 1 atom stereocenters. The van der Waals surface area contributed by atoms with Crippen LogP contribution in [0.15, 0.2) is 24.3 Å². The summed E-state index contributed by atoms with van der Waals surface area (Å²) in [6.07, 6.45) is 23.1. The van der Waals surface area contributed by atoms with E-state index >= 15 is 0 Å². The van der Waals surface area contributed by atoms with Crippen LogP contribution in [-0.4, -0.2) is 40.4 Å². The second-order valence-corrected chi connectivity index (χ2v) is 11.0. The van der Waals surface area contributed by atoms with Gasteiger partial charge >= 0.3 is 41.5 Å². The van der Waals surface area contributed by atoms with Crippen molar-refractivity contribution in [3.8, 4) is 0 Å². The van der Waals surface area contributed by atoms with Gasteiger partial charge in [-0.2, -0.15) is 44.3 Å². The Morgan fingerprint density at radius 1 is 0.784 bits per heavy atom. The zero-order valence-electron chi connectivity index (χ0n) is 23.0. The van der Waals surface area contributed by atoms with Gasteiger partial charge in [0.2, 0.25) is 0 Å². The molecular weight excluding hydrogens is 503 g/mol. The first-order chi connectivity index (χ1) is 17.2. The number of benzene rings is 1.